The molecule has 20 heavy (non-hydrogen) atoms. The van der Waals surface area contributed by atoms with Gasteiger partial charge in [0, 0.05) is 12.6 Å². The third kappa shape index (κ3) is 3.98. The molecule has 3 fully saturated rings. The lowest BCUT2D eigenvalue weighted by molar-refractivity contribution is -0.0630. The van der Waals surface area contributed by atoms with Crippen molar-refractivity contribution in [2.45, 2.75) is 108 Å². The summed E-state index contributed by atoms with van der Waals surface area (Å²) in [6, 6.07) is 0.766. The first-order chi connectivity index (χ1) is 9.86. The Labute approximate surface area is 125 Å². The van der Waals surface area contributed by atoms with Gasteiger partial charge in [0.05, 0.1) is 11.7 Å². The van der Waals surface area contributed by atoms with Crippen LogP contribution >= 0.6 is 0 Å². The predicted octanol–water partition coefficient (Wildman–Crippen LogP) is 4.57. The third-order valence-corrected chi connectivity index (χ3v) is 5.84. The highest BCUT2D eigenvalue weighted by Gasteiger charge is 2.40. The summed E-state index contributed by atoms with van der Waals surface area (Å²) >= 11 is 0. The zero-order chi connectivity index (χ0) is 13.7. The molecule has 116 valence electrons. The number of rotatable bonds is 3. The van der Waals surface area contributed by atoms with Gasteiger partial charge in [-0.15, -0.1) is 0 Å². The van der Waals surface area contributed by atoms with Crippen LogP contribution in [0.25, 0.3) is 0 Å². The first-order valence-corrected chi connectivity index (χ1v) is 9.28. The van der Waals surface area contributed by atoms with Gasteiger partial charge in [-0.05, 0) is 38.5 Å². The number of hydrogen-bond donors (Lipinski definition) is 1. The lowest BCUT2D eigenvalue weighted by Crippen LogP contribution is -2.38. The van der Waals surface area contributed by atoms with E-state index in [9.17, 15) is 0 Å². The minimum atomic E-state index is 0.297. The Bertz CT molecular complexity index is 277. The molecule has 1 unspecified atom stereocenters. The zero-order valence-electron chi connectivity index (χ0n) is 13.2. The van der Waals surface area contributed by atoms with E-state index in [-0.39, 0.29) is 0 Å². The Balaban J connectivity index is 1.40. The summed E-state index contributed by atoms with van der Waals surface area (Å²) in [5.74, 6) is 0. The molecule has 2 heteroatoms. The molecule has 2 saturated carbocycles. The van der Waals surface area contributed by atoms with Crippen LogP contribution in [0, 0.1) is 0 Å². The van der Waals surface area contributed by atoms with E-state index >= 15 is 0 Å². The smallest absolute Gasteiger partial charge is 0.0708 e. The van der Waals surface area contributed by atoms with Crippen LogP contribution in [-0.4, -0.2) is 24.3 Å². The molecule has 1 heterocycles. The Hall–Kier alpha value is -0.0800. The molecule has 1 aliphatic heterocycles. The molecule has 0 aromatic carbocycles. The van der Waals surface area contributed by atoms with E-state index < -0.39 is 0 Å². The largest absolute Gasteiger partial charge is 0.370 e. The molecular formula is C18H33NO. The maximum atomic E-state index is 6.47. The standard InChI is InChI=1S/C18H33NO/c1-2-5-9-16(10-6-3-1)19-15-17-11-14-18(20-17)12-7-4-8-13-18/h16-17,19H,1-15H2. The lowest BCUT2D eigenvalue weighted by atomic mass is 9.83. The fourth-order valence-corrected chi connectivity index (χ4v) is 4.56. The molecule has 1 spiro atoms. The maximum absolute atomic E-state index is 6.47. The van der Waals surface area contributed by atoms with Crippen molar-refractivity contribution < 1.29 is 4.74 Å². The maximum Gasteiger partial charge on any atom is 0.0708 e. The van der Waals surface area contributed by atoms with Gasteiger partial charge in [0.25, 0.3) is 0 Å². The SMILES string of the molecule is C1CCCC(NCC2CCC3(CCCCC3)O2)CCC1. The van der Waals surface area contributed by atoms with Crippen molar-refractivity contribution in [2.24, 2.45) is 0 Å². The van der Waals surface area contributed by atoms with Gasteiger partial charge in [-0.2, -0.15) is 0 Å². The van der Waals surface area contributed by atoms with Crippen molar-refractivity contribution in [3.63, 3.8) is 0 Å². The summed E-state index contributed by atoms with van der Waals surface area (Å²) in [6.07, 6.45) is 19.9. The molecule has 1 saturated heterocycles. The number of ether oxygens (including phenoxy) is 1. The van der Waals surface area contributed by atoms with Crippen LogP contribution in [0.15, 0.2) is 0 Å². The summed E-state index contributed by atoms with van der Waals surface area (Å²) in [4.78, 5) is 0. The van der Waals surface area contributed by atoms with Gasteiger partial charge in [0.15, 0.2) is 0 Å². The Kier molecular flexibility index (Phi) is 5.39. The summed E-state index contributed by atoms with van der Waals surface area (Å²) in [5.41, 5.74) is 0.297. The predicted molar refractivity (Wildman–Crippen MR) is 84.0 cm³/mol. The Morgan fingerprint density at radius 1 is 0.750 bits per heavy atom. The summed E-state index contributed by atoms with van der Waals surface area (Å²) < 4.78 is 6.47. The van der Waals surface area contributed by atoms with Crippen LogP contribution in [0.5, 0.6) is 0 Å². The third-order valence-electron chi connectivity index (χ3n) is 5.84. The van der Waals surface area contributed by atoms with Crippen LogP contribution in [0.4, 0.5) is 0 Å². The van der Waals surface area contributed by atoms with Crippen molar-refractivity contribution in [2.75, 3.05) is 6.54 Å². The summed E-state index contributed by atoms with van der Waals surface area (Å²) in [6.45, 7) is 1.10. The molecule has 0 aromatic heterocycles. The van der Waals surface area contributed by atoms with Gasteiger partial charge >= 0.3 is 0 Å². The van der Waals surface area contributed by atoms with Crippen molar-refractivity contribution in [1.29, 1.82) is 0 Å². The molecule has 2 nitrogen and oxygen atoms in total. The molecule has 2 aliphatic carbocycles. The van der Waals surface area contributed by atoms with Crippen molar-refractivity contribution in [1.82, 2.24) is 5.32 Å². The first kappa shape index (κ1) is 14.8. The first-order valence-electron chi connectivity index (χ1n) is 9.28. The van der Waals surface area contributed by atoms with E-state index in [1.807, 2.05) is 0 Å². The monoisotopic (exact) mass is 279 g/mol. The second-order valence-electron chi connectivity index (χ2n) is 7.47. The van der Waals surface area contributed by atoms with Gasteiger partial charge in [-0.25, -0.2) is 0 Å². The van der Waals surface area contributed by atoms with Crippen LogP contribution in [0.3, 0.4) is 0 Å². The van der Waals surface area contributed by atoms with E-state index in [2.05, 4.69) is 5.32 Å². The van der Waals surface area contributed by atoms with Crippen molar-refractivity contribution >= 4 is 0 Å². The fourth-order valence-electron chi connectivity index (χ4n) is 4.56. The molecule has 3 aliphatic rings. The Morgan fingerprint density at radius 3 is 2.15 bits per heavy atom. The fraction of sp³-hybridized carbons (Fsp3) is 1.00. The molecule has 0 bridgehead atoms. The minimum absolute atomic E-state index is 0.297. The van der Waals surface area contributed by atoms with Crippen molar-refractivity contribution in [3.05, 3.63) is 0 Å². The normalized spacial score (nSPS) is 32.1. The molecule has 0 radical (unpaired) electrons. The zero-order valence-corrected chi connectivity index (χ0v) is 13.2. The van der Waals surface area contributed by atoms with E-state index in [4.69, 9.17) is 4.74 Å². The van der Waals surface area contributed by atoms with Gasteiger partial charge in [0.1, 0.15) is 0 Å². The lowest BCUT2D eigenvalue weighted by Gasteiger charge is -2.33. The van der Waals surface area contributed by atoms with E-state index in [0.29, 0.717) is 11.7 Å². The molecule has 0 aromatic rings. The van der Waals surface area contributed by atoms with Crippen LogP contribution in [0.1, 0.15) is 89.9 Å². The van der Waals surface area contributed by atoms with Crippen LogP contribution < -0.4 is 5.32 Å². The summed E-state index contributed by atoms with van der Waals surface area (Å²) in [7, 11) is 0. The number of hydrogen-bond acceptors (Lipinski definition) is 2. The average Bonchev–Trinajstić information content (AvgIpc) is 2.81. The molecule has 3 rings (SSSR count). The number of nitrogens with one attached hydrogen (secondary N) is 1. The molecule has 1 atom stereocenters. The second-order valence-corrected chi connectivity index (χ2v) is 7.47. The van der Waals surface area contributed by atoms with Crippen LogP contribution in [0.2, 0.25) is 0 Å². The van der Waals surface area contributed by atoms with Crippen molar-refractivity contribution in [3.8, 4) is 0 Å². The highest BCUT2D eigenvalue weighted by atomic mass is 16.5. The summed E-state index contributed by atoms with van der Waals surface area (Å²) in [5, 5.41) is 3.83. The quantitative estimate of drug-likeness (QED) is 0.817. The van der Waals surface area contributed by atoms with Gasteiger partial charge in [-0.1, -0.05) is 51.4 Å². The highest BCUT2D eigenvalue weighted by molar-refractivity contribution is 4.92. The van der Waals surface area contributed by atoms with Gasteiger partial charge in [-0.3, -0.25) is 0 Å². The van der Waals surface area contributed by atoms with E-state index in [1.165, 1.54) is 89.9 Å². The molecule has 0 amide bonds. The van der Waals surface area contributed by atoms with Gasteiger partial charge in [0.2, 0.25) is 0 Å². The topological polar surface area (TPSA) is 21.3 Å². The van der Waals surface area contributed by atoms with E-state index in [1.54, 1.807) is 0 Å². The van der Waals surface area contributed by atoms with E-state index in [0.717, 1.165) is 12.6 Å². The second kappa shape index (κ2) is 7.26. The average molecular weight is 279 g/mol. The Morgan fingerprint density at radius 2 is 1.40 bits per heavy atom. The minimum Gasteiger partial charge on any atom is -0.370 e. The molecule has 1 N–H and O–H groups in total. The van der Waals surface area contributed by atoms with Gasteiger partial charge < -0.3 is 10.1 Å². The molecular weight excluding hydrogens is 246 g/mol. The highest BCUT2D eigenvalue weighted by Crippen LogP contribution is 2.41. The van der Waals surface area contributed by atoms with Crippen LogP contribution in [-0.2, 0) is 4.74 Å².